The predicted octanol–water partition coefficient (Wildman–Crippen LogP) is 7.46. The topological polar surface area (TPSA) is 78.6 Å². The molecule has 0 radical (unpaired) electrons. The first-order valence-electron chi connectivity index (χ1n) is 12.0. The number of hydrogen-bond acceptors (Lipinski definition) is 6. The Morgan fingerprint density at radius 3 is 2.26 bits per heavy atom. The van der Waals surface area contributed by atoms with Crippen molar-refractivity contribution in [3.05, 3.63) is 90.9 Å². The van der Waals surface area contributed by atoms with Gasteiger partial charge in [-0.1, -0.05) is 70.1 Å². The van der Waals surface area contributed by atoms with Crippen molar-refractivity contribution in [1.29, 1.82) is 0 Å². The highest BCUT2D eigenvalue weighted by molar-refractivity contribution is 6.35. The van der Waals surface area contributed by atoms with Gasteiger partial charge in [-0.25, -0.2) is 9.97 Å². The van der Waals surface area contributed by atoms with Crippen LogP contribution >= 0.6 is 58.0 Å². The van der Waals surface area contributed by atoms with E-state index in [1.807, 2.05) is 13.1 Å². The van der Waals surface area contributed by atoms with E-state index in [1.54, 1.807) is 47.9 Å². The van der Waals surface area contributed by atoms with E-state index in [9.17, 15) is 5.11 Å². The molecular weight excluding hydrogens is 608 g/mol. The number of aromatic nitrogens is 3. The minimum atomic E-state index is -1.50. The molecule has 0 bridgehead atoms. The minimum Gasteiger partial charge on any atom is -0.383 e. The van der Waals surface area contributed by atoms with Crippen molar-refractivity contribution in [2.45, 2.75) is 51.1 Å². The van der Waals surface area contributed by atoms with Gasteiger partial charge >= 0.3 is 0 Å². The van der Waals surface area contributed by atoms with Gasteiger partial charge in [-0.3, -0.25) is 0 Å². The number of halogens is 5. The number of nitrogens with zero attached hydrogens (tertiary/aromatic N) is 3. The van der Waals surface area contributed by atoms with Gasteiger partial charge in [-0.2, -0.15) is 0 Å². The van der Waals surface area contributed by atoms with Crippen LogP contribution in [0.2, 0.25) is 25.2 Å². The van der Waals surface area contributed by atoms with Gasteiger partial charge in [0, 0.05) is 26.3 Å². The van der Waals surface area contributed by atoms with E-state index in [0.29, 0.717) is 36.3 Å². The Balaban J connectivity index is 1.42. The van der Waals surface area contributed by atoms with Crippen LogP contribution in [0.4, 0.5) is 0 Å². The Labute approximate surface area is 250 Å². The number of aliphatic hydroxyl groups is 1. The molecule has 1 aliphatic rings. The molecule has 3 heterocycles. The molecule has 12 heteroatoms. The largest absolute Gasteiger partial charge is 0.383 e. The molecule has 206 valence electrons. The Hall–Kier alpha value is -1.65. The van der Waals surface area contributed by atoms with Crippen molar-refractivity contribution < 1.29 is 19.3 Å². The maximum Gasteiger partial charge on any atom is 0.167 e. The SMILES string of the molecule is Cc1cn(C2O[C@H](COCc3ccc(Cl)cc3Cl)[C@@H](OCc3ccc(Cl)cc3Cl)[C@@]2(C)O)c2ncnc(Cl)c12. The van der Waals surface area contributed by atoms with Crippen LogP contribution in [0.5, 0.6) is 0 Å². The standard InChI is InChI=1S/C27H24Cl5N3O4/c1-14-9-35(25-22(14)24(32)33-13-34-25)26-27(2,36)23(38-11-16-4-6-18(29)8-20(16)31)21(39-26)12-37-10-15-3-5-17(28)7-19(15)30/h3-9,13,21,23,26,36H,10-12H2,1-2H3/t21-,23-,26?,27-/m1/s1. The number of rotatable bonds is 8. The zero-order chi connectivity index (χ0) is 27.9. The lowest BCUT2D eigenvalue weighted by Gasteiger charge is -2.30. The van der Waals surface area contributed by atoms with Crippen LogP contribution in [0.3, 0.4) is 0 Å². The van der Waals surface area contributed by atoms with Gasteiger partial charge in [0.25, 0.3) is 0 Å². The van der Waals surface area contributed by atoms with Gasteiger partial charge < -0.3 is 23.9 Å². The molecule has 4 atom stereocenters. The summed E-state index contributed by atoms with van der Waals surface area (Å²) < 4.78 is 20.4. The number of fused-ring (bicyclic) bond motifs is 1. The maximum absolute atomic E-state index is 11.9. The molecule has 1 aliphatic heterocycles. The highest BCUT2D eigenvalue weighted by Gasteiger charge is 2.55. The van der Waals surface area contributed by atoms with Crippen molar-refractivity contribution >= 4 is 69.0 Å². The second-order valence-corrected chi connectivity index (χ2v) is 11.6. The van der Waals surface area contributed by atoms with Crippen molar-refractivity contribution in [3.8, 4) is 0 Å². The van der Waals surface area contributed by atoms with Gasteiger partial charge in [0.2, 0.25) is 0 Å². The second kappa shape index (κ2) is 11.7. The number of ether oxygens (including phenoxy) is 3. The van der Waals surface area contributed by atoms with E-state index in [1.165, 1.54) is 6.33 Å². The molecule has 2 aromatic carbocycles. The molecule has 0 aliphatic carbocycles. The van der Waals surface area contributed by atoms with E-state index >= 15 is 0 Å². The summed E-state index contributed by atoms with van der Waals surface area (Å²) in [6, 6.07) is 10.3. The molecule has 1 saturated heterocycles. The fourth-order valence-corrected chi connectivity index (χ4v) is 5.99. The third kappa shape index (κ3) is 5.89. The summed E-state index contributed by atoms with van der Waals surface area (Å²) >= 11 is 31.1. The smallest absolute Gasteiger partial charge is 0.167 e. The molecular formula is C27H24Cl5N3O4. The van der Waals surface area contributed by atoms with E-state index in [4.69, 9.17) is 72.2 Å². The molecule has 1 N–H and O–H groups in total. The molecule has 1 unspecified atom stereocenters. The summed E-state index contributed by atoms with van der Waals surface area (Å²) in [5.74, 6) is 0. The molecule has 7 nitrogen and oxygen atoms in total. The predicted molar refractivity (Wildman–Crippen MR) is 153 cm³/mol. The Morgan fingerprint density at radius 1 is 0.974 bits per heavy atom. The molecule has 2 aromatic heterocycles. The van der Waals surface area contributed by atoms with Crippen LogP contribution in [0.25, 0.3) is 11.0 Å². The molecule has 0 saturated carbocycles. The summed E-state index contributed by atoms with van der Waals surface area (Å²) in [5.41, 5.74) is 1.37. The first kappa shape index (κ1) is 28.9. The number of benzene rings is 2. The zero-order valence-corrected chi connectivity index (χ0v) is 24.7. The fraction of sp³-hybridized carbons (Fsp3) is 0.333. The van der Waals surface area contributed by atoms with Crippen molar-refractivity contribution in [1.82, 2.24) is 14.5 Å². The molecule has 1 fully saturated rings. The summed E-state index contributed by atoms with van der Waals surface area (Å²) in [6.07, 6.45) is 0.881. The Bertz CT molecular complexity index is 1510. The average molecular weight is 632 g/mol. The van der Waals surface area contributed by atoms with Crippen molar-refractivity contribution in [2.75, 3.05) is 6.61 Å². The minimum absolute atomic E-state index is 0.110. The van der Waals surface area contributed by atoms with Crippen LogP contribution in [0.15, 0.2) is 48.9 Å². The highest BCUT2D eigenvalue weighted by Crippen LogP contribution is 2.43. The van der Waals surface area contributed by atoms with Crippen LogP contribution < -0.4 is 0 Å². The van der Waals surface area contributed by atoms with E-state index < -0.39 is 24.0 Å². The fourth-order valence-electron chi connectivity index (χ4n) is 4.79. The van der Waals surface area contributed by atoms with Gasteiger partial charge in [0.1, 0.15) is 34.9 Å². The third-order valence-corrected chi connectivity index (χ3v) is 8.17. The van der Waals surface area contributed by atoms with Gasteiger partial charge in [0.05, 0.1) is 25.2 Å². The van der Waals surface area contributed by atoms with Gasteiger partial charge in [-0.05, 0) is 54.8 Å². The van der Waals surface area contributed by atoms with Gasteiger partial charge in [-0.15, -0.1) is 0 Å². The lowest BCUT2D eigenvalue weighted by molar-refractivity contribution is -0.114. The molecule has 4 aromatic rings. The van der Waals surface area contributed by atoms with Crippen molar-refractivity contribution in [3.63, 3.8) is 0 Å². The molecule has 5 rings (SSSR count). The van der Waals surface area contributed by atoms with Crippen LogP contribution in [-0.4, -0.2) is 44.1 Å². The summed E-state index contributed by atoms with van der Waals surface area (Å²) in [7, 11) is 0. The van der Waals surface area contributed by atoms with E-state index in [2.05, 4.69) is 9.97 Å². The summed E-state index contributed by atoms with van der Waals surface area (Å²) in [4.78, 5) is 8.49. The average Bonchev–Trinajstić information content (AvgIpc) is 3.33. The van der Waals surface area contributed by atoms with Gasteiger partial charge in [0.15, 0.2) is 6.23 Å². The lowest BCUT2D eigenvalue weighted by Crippen LogP contribution is -2.46. The quantitative estimate of drug-likeness (QED) is 0.204. The normalized spacial score (nSPS) is 23.1. The summed E-state index contributed by atoms with van der Waals surface area (Å²) in [6.45, 7) is 3.99. The maximum atomic E-state index is 11.9. The second-order valence-electron chi connectivity index (χ2n) is 9.55. The van der Waals surface area contributed by atoms with E-state index in [0.717, 1.165) is 16.7 Å². The number of hydrogen-bond donors (Lipinski definition) is 1. The highest BCUT2D eigenvalue weighted by atomic mass is 35.5. The molecule has 0 amide bonds. The lowest BCUT2D eigenvalue weighted by atomic mass is 9.96. The Kier molecular flexibility index (Phi) is 8.65. The van der Waals surface area contributed by atoms with E-state index in [-0.39, 0.29) is 19.8 Å². The van der Waals surface area contributed by atoms with Crippen LogP contribution in [0.1, 0.15) is 29.8 Å². The monoisotopic (exact) mass is 629 g/mol. The van der Waals surface area contributed by atoms with Crippen LogP contribution in [-0.2, 0) is 27.4 Å². The molecule has 0 spiro atoms. The zero-order valence-electron chi connectivity index (χ0n) is 20.9. The van der Waals surface area contributed by atoms with Crippen LogP contribution in [0, 0.1) is 6.92 Å². The first-order chi connectivity index (χ1) is 18.6. The first-order valence-corrected chi connectivity index (χ1v) is 13.9. The summed E-state index contributed by atoms with van der Waals surface area (Å²) in [5, 5.41) is 14.9. The third-order valence-electron chi connectivity index (χ3n) is 6.71. The Morgan fingerprint density at radius 2 is 1.62 bits per heavy atom. The number of aryl methyl sites for hydroxylation is 1. The molecule has 39 heavy (non-hydrogen) atoms. The van der Waals surface area contributed by atoms with Crippen molar-refractivity contribution in [2.24, 2.45) is 0 Å².